The first-order valence-corrected chi connectivity index (χ1v) is 9.94. The minimum atomic E-state index is -0.594. The molecule has 1 aliphatic heterocycles. The molecule has 0 atom stereocenters. The fraction of sp³-hybridized carbons (Fsp3) is 0.222. The van der Waals surface area contributed by atoms with Crippen LogP contribution >= 0.6 is 23.4 Å². The van der Waals surface area contributed by atoms with Gasteiger partial charge in [0.2, 0.25) is 5.91 Å². The molecule has 2 N–H and O–H groups in total. The number of rotatable bonds is 5. The first-order valence-electron chi connectivity index (χ1n) is 8.34. The molecule has 2 aromatic rings. The van der Waals surface area contributed by atoms with E-state index in [1.165, 1.54) is 23.9 Å². The lowest BCUT2D eigenvalue weighted by Crippen LogP contribution is -2.47. The molecule has 0 aliphatic carbocycles. The molecule has 2 amide bonds. The number of halogens is 1. The van der Waals surface area contributed by atoms with Gasteiger partial charge in [0.15, 0.2) is 0 Å². The highest BCUT2D eigenvalue weighted by Crippen LogP contribution is 2.30. The molecule has 28 heavy (non-hydrogen) atoms. The summed E-state index contributed by atoms with van der Waals surface area (Å²) in [6.45, 7) is 1.37. The van der Waals surface area contributed by atoms with Crippen molar-refractivity contribution in [2.45, 2.75) is 4.90 Å². The average molecular weight is 421 g/mol. The van der Waals surface area contributed by atoms with Crippen LogP contribution in [0.4, 0.5) is 17.1 Å². The molecule has 0 aromatic heterocycles. The SMILES string of the molecule is CSc1ccc([N+](=O)[O-])c(C(=O)Nc2ccc(N3CCNC(=O)C3)c(Cl)c2)c1. The van der Waals surface area contributed by atoms with Crippen LogP contribution in [-0.4, -0.2) is 42.6 Å². The fourth-order valence-corrected chi connectivity index (χ4v) is 3.61. The Labute approximate surface area is 170 Å². The molecule has 0 radical (unpaired) electrons. The van der Waals surface area contributed by atoms with Crippen molar-refractivity contribution in [1.82, 2.24) is 5.32 Å². The van der Waals surface area contributed by atoms with Crippen molar-refractivity contribution in [3.8, 4) is 0 Å². The maximum atomic E-state index is 12.6. The smallest absolute Gasteiger partial charge is 0.282 e. The number of nitro benzene ring substituents is 1. The Morgan fingerprint density at radius 2 is 2.11 bits per heavy atom. The summed E-state index contributed by atoms with van der Waals surface area (Å²) in [7, 11) is 0. The van der Waals surface area contributed by atoms with Crippen molar-refractivity contribution in [3.63, 3.8) is 0 Å². The van der Waals surface area contributed by atoms with E-state index in [-0.39, 0.29) is 23.7 Å². The molecule has 0 saturated carbocycles. The zero-order valence-electron chi connectivity index (χ0n) is 14.9. The van der Waals surface area contributed by atoms with Crippen LogP contribution in [0.1, 0.15) is 10.4 Å². The highest BCUT2D eigenvalue weighted by atomic mass is 35.5. The van der Waals surface area contributed by atoms with E-state index in [4.69, 9.17) is 11.6 Å². The first kappa shape index (κ1) is 20.0. The van der Waals surface area contributed by atoms with Crippen molar-refractivity contribution < 1.29 is 14.5 Å². The second-order valence-electron chi connectivity index (χ2n) is 6.03. The van der Waals surface area contributed by atoms with Gasteiger partial charge in [0.25, 0.3) is 11.6 Å². The van der Waals surface area contributed by atoms with E-state index in [9.17, 15) is 19.7 Å². The predicted octanol–water partition coefficient (Wildman–Crippen LogP) is 3.16. The van der Waals surface area contributed by atoms with Gasteiger partial charge in [-0.2, -0.15) is 0 Å². The highest BCUT2D eigenvalue weighted by Gasteiger charge is 2.22. The summed E-state index contributed by atoms with van der Waals surface area (Å²) >= 11 is 7.72. The summed E-state index contributed by atoms with van der Waals surface area (Å²) in [5, 5.41) is 17.0. The molecule has 0 spiro atoms. The van der Waals surface area contributed by atoms with Crippen molar-refractivity contribution in [1.29, 1.82) is 0 Å². The lowest BCUT2D eigenvalue weighted by atomic mass is 10.1. The number of nitrogens with zero attached hydrogens (tertiary/aromatic N) is 2. The number of nitro groups is 1. The van der Waals surface area contributed by atoms with Gasteiger partial charge in [0.05, 0.1) is 22.2 Å². The fourth-order valence-electron chi connectivity index (χ4n) is 2.87. The van der Waals surface area contributed by atoms with Crippen LogP contribution in [-0.2, 0) is 4.79 Å². The van der Waals surface area contributed by atoms with Crippen molar-refractivity contribution in [2.75, 3.05) is 36.1 Å². The van der Waals surface area contributed by atoms with Crippen LogP contribution in [0.3, 0.4) is 0 Å². The Hall–Kier alpha value is -2.78. The molecule has 2 aromatic carbocycles. The molecule has 1 aliphatic rings. The third-order valence-corrected chi connectivity index (χ3v) is 5.26. The summed E-state index contributed by atoms with van der Waals surface area (Å²) < 4.78 is 0. The van der Waals surface area contributed by atoms with Gasteiger partial charge in [-0.1, -0.05) is 11.6 Å². The third kappa shape index (κ3) is 4.37. The molecule has 146 valence electrons. The number of amides is 2. The first-order chi connectivity index (χ1) is 13.4. The van der Waals surface area contributed by atoms with E-state index in [1.54, 1.807) is 24.3 Å². The van der Waals surface area contributed by atoms with Crippen LogP contribution in [0, 0.1) is 10.1 Å². The number of hydrogen-bond acceptors (Lipinski definition) is 6. The van der Waals surface area contributed by atoms with E-state index in [2.05, 4.69) is 10.6 Å². The molecule has 8 nitrogen and oxygen atoms in total. The van der Waals surface area contributed by atoms with E-state index in [0.717, 1.165) is 4.90 Å². The van der Waals surface area contributed by atoms with E-state index in [0.29, 0.717) is 29.5 Å². The monoisotopic (exact) mass is 420 g/mol. The van der Waals surface area contributed by atoms with E-state index < -0.39 is 10.8 Å². The van der Waals surface area contributed by atoms with Gasteiger partial charge in [-0.05, 0) is 36.6 Å². The second kappa shape index (κ2) is 8.49. The zero-order chi connectivity index (χ0) is 20.3. The lowest BCUT2D eigenvalue weighted by molar-refractivity contribution is -0.385. The minimum Gasteiger partial charge on any atom is -0.359 e. The maximum absolute atomic E-state index is 12.6. The third-order valence-electron chi connectivity index (χ3n) is 4.23. The van der Waals surface area contributed by atoms with Gasteiger partial charge in [-0.25, -0.2) is 0 Å². The number of hydrogen-bond donors (Lipinski definition) is 2. The van der Waals surface area contributed by atoms with Crippen molar-refractivity contribution >= 4 is 52.2 Å². The highest BCUT2D eigenvalue weighted by molar-refractivity contribution is 7.98. The lowest BCUT2D eigenvalue weighted by Gasteiger charge is -2.29. The number of nitrogens with one attached hydrogen (secondary N) is 2. The zero-order valence-corrected chi connectivity index (χ0v) is 16.5. The Bertz CT molecular complexity index is 953. The Morgan fingerprint density at radius 3 is 2.75 bits per heavy atom. The molecular formula is C18H17ClN4O4S. The number of piperazine rings is 1. The van der Waals surface area contributed by atoms with Gasteiger partial charge in [-0.15, -0.1) is 11.8 Å². The molecule has 1 heterocycles. The average Bonchev–Trinajstić information content (AvgIpc) is 2.67. The van der Waals surface area contributed by atoms with Gasteiger partial charge < -0.3 is 15.5 Å². The molecule has 0 bridgehead atoms. The summed E-state index contributed by atoms with van der Waals surface area (Å²) in [4.78, 5) is 37.4. The normalized spacial score (nSPS) is 13.8. The minimum absolute atomic E-state index is 0.0234. The van der Waals surface area contributed by atoms with Gasteiger partial charge in [0, 0.05) is 29.7 Å². The van der Waals surface area contributed by atoms with Crippen LogP contribution in [0.15, 0.2) is 41.3 Å². The maximum Gasteiger partial charge on any atom is 0.282 e. The van der Waals surface area contributed by atoms with Crippen molar-refractivity contribution in [3.05, 3.63) is 57.1 Å². The predicted molar refractivity (Wildman–Crippen MR) is 110 cm³/mol. The molecule has 3 rings (SSSR count). The summed E-state index contributed by atoms with van der Waals surface area (Å²) in [5.41, 5.74) is 0.802. The Morgan fingerprint density at radius 1 is 1.32 bits per heavy atom. The van der Waals surface area contributed by atoms with Crippen LogP contribution in [0.5, 0.6) is 0 Å². The second-order valence-corrected chi connectivity index (χ2v) is 7.32. The van der Waals surface area contributed by atoms with Crippen LogP contribution in [0.25, 0.3) is 0 Å². The molecule has 1 fully saturated rings. The van der Waals surface area contributed by atoms with E-state index >= 15 is 0 Å². The van der Waals surface area contributed by atoms with Gasteiger partial charge in [0.1, 0.15) is 5.56 Å². The molecule has 10 heteroatoms. The van der Waals surface area contributed by atoms with Crippen LogP contribution in [0.2, 0.25) is 5.02 Å². The number of carbonyl (C=O) groups excluding carboxylic acids is 2. The molecule has 1 saturated heterocycles. The van der Waals surface area contributed by atoms with Crippen LogP contribution < -0.4 is 15.5 Å². The van der Waals surface area contributed by atoms with Crippen molar-refractivity contribution in [2.24, 2.45) is 0 Å². The Balaban J connectivity index is 1.82. The summed E-state index contributed by atoms with van der Waals surface area (Å²) in [6, 6.07) is 9.32. The quantitative estimate of drug-likeness (QED) is 0.437. The summed E-state index contributed by atoms with van der Waals surface area (Å²) in [5.74, 6) is -0.676. The number of benzene rings is 2. The van der Waals surface area contributed by atoms with Gasteiger partial charge >= 0.3 is 0 Å². The number of anilines is 2. The largest absolute Gasteiger partial charge is 0.359 e. The van der Waals surface area contributed by atoms with Gasteiger partial charge in [-0.3, -0.25) is 19.7 Å². The van der Waals surface area contributed by atoms with E-state index in [1.807, 2.05) is 11.2 Å². The summed E-state index contributed by atoms with van der Waals surface area (Å²) in [6.07, 6.45) is 1.82. The number of thioether (sulfide) groups is 1. The number of carbonyl (C=O) groups is 2. The molecule has 0 unspecified atom stereocenters. The molecular weight excluding hydrogens is 404 g/mol. The topological polar surface area (TPSA) is 105 Å². The standard InChI is InChI=1S/C18H17ClN4O4S/c1-28-12-3-5-15(23(26)27)13(9-12)18(25)21-11-2-4-16(14(19)8-11)22-7-6-20-17(24)10-22/h2-5,8-9H,6-7,10H2,1H3,(H,20,24)(H,21,25). The Kier molecular flexibility index (Phi) is 6.05.